The fourth-order valence-corrected chi connectivity index (χ4v) is 1.42. The van der Waals surface area contributed by atoms with Crippen LogP contribution in [0.25, 0.3) is 0 Å². The van der Waals surface area contributed by atoms with Gasteiger partial charge in [0, 0.05) is 41.2 Å². The van der Waals surface area contributed by atoms with Crippen molar-refractivity contribution in [1.29, 1.82) is 0 Å². The molecule has 0 saturated carbocycles. The Bertz CT molecular complexity index is 383. The Morgan fingerprint density at radius 2 is 1.87 bits per heavy atom. The number of hydrogen-bond donors (Lipinski definition) is 1. The second-order valence-electron chi connectivity index (χ2n) is 2.46. The number of halogens is 3. The summed E-state index contributed by atoms with van der Waals surface area (Å²) in [6.45, 7) is 0. The van der Waals surface area contributed by atoms with Crippen LogP contribution in [0.5, 0.6) is 0 Å². The van der Waals surface area contributed by atoms with Gasteiger partial charge in [-0.15, -0.1) is 12.6 Å². The van der Waals surface area contributed by atoms with Gasteiger partial charge in [0.05, 0.1) is 9.82 Å². The third-order valence-electron chi connectivity index (χ3n) is 1.50. The first kappa shape index (κ1) is 15.8. The van der Waals surface area contributed by atoms with Crippen LogP contribution in [0.3, 0.4) is 0 Å². The van der Waals surface area contributed by atoms with Crippen LogP contribution in [-0.2, 0) is 3.79 Å². The fourth-order valence-electron chi connectivity index (χ4n) is 0.846. The second kappa shape index (κ2) is 5.96. The predicted octanol–water partition coefficient (Wildman–Crippen LogP) is 3.33. The second-order valence-corrected chi connectivity index (χ2v) is 5.22. The molecule has 0 fully saturated rings. The van der Waals surface area contributed by atoms with Crippen LogP contribution in [0.1, 0.15) is 5.56 Å². The van der Waals surface area contributed by atoms with Crippen LogP contribution >= 0.6 is 47.4 Å². The molecule has 0 aromatic heterocycles. The number of hydrogen-bond acceptors (Lipinski definition) is 3. The molecular formula is C7H4Cl3NNaO2S. The Kier molecular flexibility index (Phi) is 6.29. The van der Waals surface area contributed by atoms with Gasteiger partial charge in [-0.1, -0.05) is 40.9 Å². The van der Waals surface area contributed by atoms with Gasteiger partial charge in [0.1, 0.15) is 0 Å². The average Bonchev–Trinajstić information content (AvgIpc) is 2.02. The van der Waals surface area contributed by atoms with Gasteiger partial charge in [-0.3, -0.25) is 10.1 Å². The van der Waals surface area contributed by atoms with E-state index in [9.17, 15) is 10.1 Å². The van der Waals surface area contributed by atoms with Gasteiger partial charge in [-0.05, 0) is 6.07 Å². The summed E-state index contributed by atoms with van der Waals surface area (Å²) in [5.41, 5.74) is 0.0594. The summed E-state index contributed by atoms with van der Waals surface area (Å²) in [5.74, 6) is 0. The number of alkyl halides is 3. The summed E-state index contributed by atoms with van der Waals surface area (Å²) in [6, 6.07) is 4.08. The molecule has 1 aromatic carbocycles. The van der Waals surface area contributed by atoms with Crippen molar-refractivity contribution in [3.8, 4) is 0 Å². The van der Waals surface area contributed by atoms with Gasteiger partial charge in [0.15, 0.2) is 0 Å². The Morgan fingerprint density at radius 1 is 1.33 bits per heavy atom. The molecule has 0 atom stereocenters. The third kappa shape index (κ3) is 4.30. The van der Waals surface area contributed by atoms with Crippen LogP contribution in [0.2, 0.25) is 0 Å². The van der Waals surface area contributed by atoms with Crippen molar-refractivity contribution >= 4 is 82.7 Å². The largest absolute Gasteiger partial charge is 0.283 e. The Hall–Kier alpha value is 0.840. The van der Waals surface area contributed by atoms with E-state index in [4.69, 9.17) is 34.8 Å². The summed E-state index contributed by atoms with van der Waals surface area (Å²) in [6.07, 6.45) is 0. The zero-order valence-electron chi connectivity index (χ0n) is 7.58. The van der Waals surface area contributed by atoms with Crippen LogP contribution in [0, 0.1) is 10.1 Å². The zero-order valence-corrected chi connectivity index (χ0v) is 12.7. The maximum atomic E-state index is 10.5. The quantitative estimate of drug-likeness (QED) is 0.284. The number of thiol groups is 1. The monoisotopic (exact) mass is 294 g/mol. The fraction of sp³-hybridized carbons (Fsp3) is 0.143. The number of rotatable bonds is 1. The molecular weight excluding hydrogens is 291 g/mol. The van der Waals surface area contributed by atoms with Crippen LogP contribution < -0.4 is 0 Å². The maximum Gasteiger partial charge on any atom is 0.283 e. The molecule has 0 N–H and O–H groups in total. The van der Waals surface area contributed by atoms with Crippen molar-refractivity contribution in [2.75, 3.05) is 0 Å². The van der Waals surface area contributed by atoms with Gasteiger partial charge in [0.25, 0.3) is 5.69 Å². The van der Waals surface area contributed by atoms with Crippen LogP contribution in [0.15, 0.2) is 23.1 Å². The van der Waals surface area contributed by atoms with E-state index >= 15 is 0 Å². The van der Waals surface area contributed by atoms with E-state index in [-0.39, 0.29) is 45.7 Å². The number of nitrogens with zero attached hydrogens (tertiary/aromatic N) is 1. The van der Waals surface area contributed by atoms with Crippen molar-refractivity contribution < 1.29 is 4.92 Å². The summed E-state index contributed by atoms with van der Waals surface area (Å²) < 4.78 is -1.66. The molecule has 0 aliphatic rings. The summed E-state index contributed by atoms with van der Waals surface area (Å²) >= 11 is 20.6. The molecule has 8 heteroatoms. The average molecular weight is 296 g/mol. The van der Waals surface area contributed by atoms with Crippen molar-refractivity contribution in [2.24, 2.45) is 0 Å². The molecule has 1 aromatic rings. The summed E-state index contributed by atoms with van der Waals surface area (Å²) in [7, 11) is 0. The van der Waals surface area contributed by atoms with E-state index in [2.05, 4.69) is 12.6 Å². The molecule has 0 aliphatic carbocycles. The normalized spacial score (nSPS) is 10.7. The minimum atomic E-state index is -1.66. The van der Waals surface area contributed by atoms with E-state index in [1.54, 1.807) is 0 Å². The van der Waals surface area contributed by atoms with E-state index in [1.165, 1.54) is 18.2 Å². The van der Waals surface area contributed by atoms with Gasteiger partial charge in [-0.25, -0.2) is 0 Å². The molecule has 0 heterocycles. The molecule has 77 valence electrons. The number of benzene rings is 1. The van der Waals surface area contributed by atoms with Crippen molar-refractivity contribution in [3.05, 3.63) is 33.9 Å². The molecule has 0 unspecified atom stereocenters. The maximum absolute atomic E-state index is 10.5. The van der Waals surface area contributed by atoms with Gasteiger partial charge >= 0.3 is 0 Å². The molecule has 0 amide bonds. The first-order chi connectivity index (χ1) is 6.32. The smallest absolute Gasteiger partial charge is 0.258 e. The third-order valence-corrected chi connectivity index (χ3v) is 2.53. The van der Waals surface area contributed by atoms with E-state index in [0.717, 1.165) is 0 Å². The number of nitro groups is 1. The van der Waals surface area contributed by atoms with Crippen molar-refractivity contribution in [3.63, 3.8) is 0 Å². The predicted molar refractivity (Wildman–Crippen MR) is 65.3 cm³/mol. The zero-order chi connectivity index (χ0) is 10.9. The molecule has 0 saturated heterocycles. The minimum Gasteiger partial charge on any atom is -0.258 e. The topological polar surface area (TPSA) is 43.1 Å². The number of nitro benzene ring substituents is 1. The molecule has 0 bridgehead atoms. The molecule has 15 heavy (non-hydrogen) atoms. The van der Waals surface area contributed by atoms with Crippen LogP contribution in [0.4, 0.5) is 5.69 Å². The SMILES string of the molecule is O=[N+]([O-])c1cc(C(Cl)(Cl)Cl)ccc1S.[Na]. The van der Waals surface area contributed by atoms with Crippen LogP contribution in [-0.4, -0.2) is 34.5 Å². The van der Waals surface area contributed by atoms with Gasteiger partial charge in [-0.2, -0.15) is 0 Å². The minimum absolute atomic E-state index is 0. The molecule has 0 spiro atoms. The Labute approximate surface area is 129 Å². The summed E-state index contributed by atoms with van der Waals surface area (Å²) in [5, 5.41) is 10.5. The van der Waals surface area contributed by atoms with Crippen molar-refractivity contribution in [2.45, 2.75) is 8.69 Å². The molecule has 1 rings (SSSR count). The first-order valence-corrected chi connectivity index (χ1v) is 4.95. The Balaban J connectivity index is 0.00000196. The van der Waals surface area contributed by atoms with Gasteiger partial charge in [0.2, 0.25) is 3.79 Å². The van der Waals surface area contributed by atoms with E-state index in [1.807, 2.05) is 0 Å². The summed E-state index contributed by atoms with van der Waals surface area (Å²) in [4.78, 5) is 10.2. The van der Waals surface area contributed by atoms with Crippen molar-refractivity contribution in [1.82, 2.24) is 0 Å². The molecule has 0 aliphatic heterocycles. The molecule has 1 radical (unpaired) electrons. The van der Waals surface area contributed by atoms with E-state index in [0.29, 0.717) is 0 Å². The standard InChI is InChI=1S/C7H4Cl3NO2S.Na/c8-7(9,10)4-1-2-6(14)5(3-4)11(12)13;/h1-3,14H;. The first-order valence-electron chi connectivity index (χ1n) is 3.37. The van der Waals surface area contributed by atoms with E-state index < -0.39 is 8.72 Å². The Morgan fingerprint density at radius 3 is 2.27 bits per heavy atom. The molecule has 3 nitrogen and oxygen atoms in total. The van der Waals surface area contributed by atoms with Gasteiger partial charge < -0.3 is 0 Å².